The minimum absolute atomic E-state index is 0.0883. The first-order valence-corrected chi connectivity index (χ1v) is 7.19. The van der Waals surface area contributed by atoms with Crippen LogP contribution in [-0.2, 0) is 4.79 Å². The van der Waals surface area contributed by atoms with E-state index in [1.807, 2.05) is 6.92 Å². The number of hydrogen-bond acceptors (Lipinski definition) is 3. The fourth-order valence-corrected chi connectivity index (χ4v) is 3.03. The molecule has 4 N–H and O–H groups in total. The summed E-state index contributed by atoms with van der Waals surface area (Å²) in [4.78, 5) is 13.6. The van der Waals surface area contributed by atoms with E-state index in [9.17, 15) is 4.79 Å². The number of primary amides is 1. The number of rotatable bonds is 6. The van der Waals surface area contributed by atoms with Gasteiger partial charge in [-0.05, 0) is 38.1 Å². The molecule has 0 aromatic carbocycles. The van der Waals surface area contributed by atoms with Gasteiger partial charge in [-0.3, -0.25) is 9.69 Å². The lowest BCUT2D eigenvalue weighted by atomic mass is 9.75. The van der Waals surface area contributed by atoms with Gasteiger partial charge in [-0.25, -0.2) is 0 Å². The van der Waals surface area contributed by atoms with Crippen molar-refractivity contribution in [2.45, 2.75) is 52.0 Å². The molecule has 1 amide bonds. The molecular formula is C14H29N3O. The Hall–Kier alpha value is -0.610. The normalized spacial score (nSPS) is 30.4. The molecule has 1 aliphatic rings. The molecule has 0 aliphatic heterocycles. The van der Waals surface area contributed by atoms with Gasteiger partial charge in [0.15, 0.2) is 0 Å². The molecule has 0 saturated heterocycles. The minimum atomic E-state index is -0.218. The first kappa shape index (κ1) is 15.4. The van der Waals surface area contributed by atoms with E-state index in [2.05, 4.69) is 18.7 Å². The molecular weight excluding hydrogens is 226 g/mol. The van der Waals surface area contributed by atoms with Gasteiger partial charge < -0.3 is 11.5 Å². The van der Waals surface area contributed by atoms with Crippen LogP contribution in [0.2, 0.25) is 0 Å². The molecule has 1 saturated carbocycles. The van der Waals surface area contributed by atoms with Crippen molar-refractivity contribution >= 4 is 5.91 Å². The third kappa shape index (κ3) is 3.45. The Balaban J connectivity index is 2.73. The van der Waals surface area contributed by atoms with E-state index >= 15 is 0 Å². The molecule has 1 atom stereocenters. The highest BCUT2D eigenvalue weighted by Crippen LogP contribution is 2.36. The van der Waals surface area contributed by atoms with Crippen molar-refractivity contribution < 1.29 is 4.79 Å². The van der Waals surface area contributed by atoms with Crippen LogP contribution in [0.15, 0.2) is 0 Å². The van der Waals surface area contributed by atoms with Crippen molar-refractivity contribution in [2.75, 3.05) is 19.6 Å². The Labute approximate surface area is 111 Å². The van der Waals surface area contributed by atoms with Crippen LogP contribution in [-0.4, -0.2) is 36.0 Å². The zero-order valence-corrected chi connectivity index (χ0v) is 12.1. The van der Waals surface area contributed by atoms with E-state index in [-0.39, 0.29) is 17.4 Å². The molecule has 1 unspecified atom stereocenters. The smallest absolute Gasteiger partial charge is 0.221 e. The molecule has 0 bridgehead atoms. The second-order valence-corrected chi connectivity index (χ2v) is 5.95. The Morgan fingerprint density at radius 2 is 2.00 bits per heavy atom. The maximum Gasteiger partial charge on any atom is 0.221 e. The highest BCUT2D eigenvalue weighted by Gasteiger charge is 2.38. The van der Waals surface area contributed by atoms with Crippen LogP contribution in [0.5, 0.6) is 0 Å². The van der Waals surface area contributed by atoms with Gasteiger partial charge in [-0.15, -0.1) is 0 Å². The van der Waals surface area contributed by atoms with E-state index < -0.39 is 0 Å². The summed E-state index contributed by atoms with van der Waals surface area (Å²) in [6.07, 6.45) is 4.76. The summed E-state index contributed by atoms with van der Waals surface area (Å²) in [5.41, 5.74) is 11.5. The van der Waals surface area contributed by atoms with Crippen molar-refractivity contribution in [1.29, 1.82) is 0 Å². The highest BCUT2D eigenvalue weighted by molar-refractivity contribution is 5.76. The quantitative estimate of drug-likeness (QED) is 0.752. The summed E-state index contributed by atoms with van der Waals surface area (Å²) >= 11 is 0. The van der Waals surface area contributed by atoms with Crippen LogP contribution in [0.25, 0.3) is 0 Å². The fraction of sp³-hybridized carbons (Fsp3) is 0.929. The Morgan fingerprint density at radius 3 is 2.39 bits per heavy atom. The number of carbonyl (C=O) groups is 1. The van der Waals surface area contributed by atoms with Crippen LogP contribution < -0.4 is 11.5 Å². The van der Waals surface area contributed by atoms with Gasteiger partial charge in [0.25, 0.3) is 0 Å². The molecule has 0 aromatic heterocycles. The number of nitrogens with two attached hydrogens (primary N) is 2. The topological polar surface area (TPSA) is 72.3 Å². The molecule has 1 aliphatic carbocycles. The van der Waals surface area contributed by atoms with Gasteiger partial charge in [-0.2, -0.15) is 0 Å². The zero-order valence-electron chi connectivity index (χ0n) is 12.1. The van der Waals surface area contributed by atoms with Gasteiger partial charge in [0.05, 0.1) is 0 Å². The molecule has 106 valence electrons. The second-order valence-electron chi connectivity index (χ2n) is 5.95. The Kier molecular flexibility index (Phi) is 5.60. The van der Waals surface area contributed by atoms with E-state index in [1.54, 1.807) is 0 Å². The summed E-state index contributed by atoms with van der Waals surface area (Å²) in [5, 5.41) is 0. The van der Waals surface area contributed by atoms with Gasteiger partial charge in [0, 0.05) is 24.5 Å². The van der Waals surface area contributed by atoms with E-state index in [0.29, 0.717) is 6.54 Å². The molecule has 0 heterocycles. The maximum absolute atomic E-state index is 11.2. The third-order valence-electron chi connectivity index (χ3n) is 4.62. The average Bonchev–Trinajstić information content (AvgIpc) is 2.37. The summed E-state index contributed by atoms with van der Waals surface area (Å²) in [5.74, 6) is 0.481. The first-order valence-electron chi connectivity index (χ1n) is 7.19. The van der Waals surface area contributed by atoms with Crippen LogP contribution in [0.4, 0.5) is 0 Å². The molecule has 0 aromatic rings. The van der Waals surface area contributed by atoms with Gasteiger partial charge in [0.2, 0.25) is 5.91 Å². The predicted molar refractivity (Wildman–Crippen MR) is 75.0 cm³/mol. The monoisotopic (exact) mass is 255 g/mol. The van der Waals surface area contributed by atoms with Crippen molar-refractivity contribution in [2.24, 2.45) is 23.3 Å². The molecule has 0 radical (unpaired) electrons. The van der Waals surface area contributed by atoms with Crippen molar-refractivity contribution in [1.82, 2.24) is 4.90 Å². The van der Waals surface area contributed by atoms with E-state index in [1.165, 1.54) is 12.8 Å². The SMILES string of the molecule is CCN(CC(C)C(N)=O)C1(CN)CCC(C)CC1. The Morgan fingerprint density at radius 1 is 1.44 bits per heavy atom. The average molecular weight is 255 g/mol. The largest absolute Gasteiger partial charge is 0.369 e. The van der Waals surface area contributed by atoms with Crippen LogP contribution in [0.1, 0.15) is 46.5 Å². The zero-order chi connectivity index (χ0) is 13.8. The summed E-state index contributed by atoms with van der Waals surface area (Å²) in [6, 6.07) is 0. The van der Waals surface area contributed by atoms with Crippen molar-refractivity contribution in [3.63, 3.8) is 0 Å². The van der Waals surface area contributed by atoms with Gasteiger partial charge >= 0.3 is 0 Å². The Bertz CT molecular complexity index is 272. The standard InChI is InChI=1S/C14H29N3O/c1-4-17(9-12(3)13(16)18)14(10-15)7-5-11(2)6-8-14/h11-12H,4-10,15H2,1-3H3,(H2,16,18). The lowest BCUT2D eigenvalue weighted by Gasteiger charge is -2.47. The van der Waals surface area contributed by atoms with E-state index in [4.69, 9.17) is 11.5 Å². The van der Waals surface area contributed by atoms with Crippen LogP contribution in [0.3, 0.4) is 0 Å². The molecule has 0 spiro atoms. The second kappa shape index (κ2) is 6.53. The summed E-state index contributed by atoms with van der Waals surface area (Å²) in [7, 11) is 0. The van der Waals surface area contributed by atoms with Gasteiger partial charge in [0.1, 0.15) is 0 Å². The van der Waals surface area contributed by atoms with E-state index in [0.717, 1.165) is 31.8 Å². The lowest BCUT2D eigenvalue weighted by molar-refractivity contribution is -0.122. The number of likely N-dealkylation sites (N-methyl/N-ethyl adjacent to an activating group) is 1. The number of hydrogen-bond donors (Lipinski definition) is 2. The summed E-state index contributed by atoms with van der Waals surface area (Å²) < 4.78 is 0. The fourth-order valence-electron chi connectivity index (χ4n) is 3.03. The maximum atomic E-state index is 11.2. The van der Waals surface area contributed by atoms with Crippen LogP contribution in [0, 0.1) is 11.8 Å². The number of amides is 1. The molecule has 18 heavy (non-hydrogen) atoms. The molecule has 1 fully saturated rings. The van der Waals surface area contributed by atoms with Crippen LogP contribution >= 0.6 is 0 Å². The van der Waals surface area contributed by atoms with Crippen molar-refractivity contribution in [3.8, 4) is 0 Å². The number of carbonyl (C=O) groups excluding carboxylic acids is 1. The highest BCUT2D eigenvalue weighted by atomic mass is 16.1. The number of nitrogens with zero attached hydrogens (tertiary/aromatic N) is 1. The lowest BCUT2D eigenvalue weighted by Crippen LogP contribution is -2.57. The summed E-state index contributed by atoms with van der Waals surface area (Å²) in [6.45, 7) is 8.70. The molecule has 4 heteroatoms. The minimum Gasteiger partial charge on any atom is -0.369 e. The predicted octanol–water partition coefficient (Wildman–Crippen LogP) is 1.34. The molecule has 1 rings (SSSR count). The van der Waals surface area contributed by atoms with Gasteiger partial charge in [-0.1, -0.05) is 20.8 Å². The third-order valence-corrected chi connectivity index (χ3v) is 4.62. The van der Waals surface area contributed by atoms with Crippen molar-refractivity contribution in [3.05, 3.63) is 0 Å². The molecule has 4 nitrogen and oxygen atoms in total. The first-order chi connectivity index (χ1) is 8.45.